The zero-order valence-corrected chi connectivity index (χ0v) is 18.8. The fraction of sp³-hybridized carbons (Fsp3) is 0. The van der Waals surface area contributed by atoms with Crippen molar-refractivity contribution in [2.24, 2.45) is 0 Å². The first kappa shape index (κ1) is 19.7. The summed E-state index contributed by atoms with van der Waals surface area (Å²) in [5, 5.41) is 11.1. The first-order valence-corrected chi connectivity index (χ1v) is 11.7. The largest absolute Gasteiger partial charge is 0.321 e. The third-order valence-corrected chi connectivity index (χ3v) is 6.81. The third-order valence-electron chi connectivity index (χ3n) is 6.81. The lowest BCUT2D eigenvalue weighted by molar-refractivity contribution is 0.102. The van der Waals surface area contributed by atoms with Gasteiger partial charge in [-0.3, -0.25) is 4.79 Å². The molecule has 0 saturated carbocycles. The van der Waals surface area contributed by atoms with Crippen molar-refractivity contribution < 1.29 is 4.79 Å². The molecule has 1 amide bonds. The third kappa shape index (κ3) is 3.13. The minimum atomic E-state index is -0.143. The molecular formula is C32H20N2O. The van der Waals surface area contributed by atoms with Crippen LogP contribution in [0.5, 0.6) is 0 Å². The van der Waals surface area contributed by atoms with Crippen molar-refractivity contribution in [3.8, 4) is 11.3 Å². The summed E-state index contributed by atoms with van der Waals surface area (Å²) < 4.78 is 0. The number of aromatic nitrogens is 1. The first-order valence-electron chi connectivity index (χ1n) is 11.7. The molecule has 3 nitrogen and oxygen atoms in total. The van der Waals surface area contributed by atoms with Crippen molar-refractivity contribution >= 4 is 54.8 Å². The number of anilines is 1. The van der Waals surface area contributed by atoms with Crippen LogP contribution >= 0.6 is 0 Å². The van der Waals surface area contributed by atoms with Gasteiger partial charge in [0, 0.05) is 22.0 Å². The minimum absolute atomic E-state index is 0.143. The van der Waals surface area contributed by atoms with E-state index in [1.165, 1.54) is 26.9 Å². The van der Waals surface area contributed by atoms with Crippen LogP contribution in [-0.4, -0.2) is 10.9 Å². The van der Waals surface area contributed by atoms with E-state index in [0.717, 1.165) is 33.2 Å². The molecule has 0 aliphatic carbocycles. The molecule has 0 radical (unpaired) electrons. The predicted molar refractivity (Wildman–Crippen MR) is 145 cm³/mol. The maximum absolute atomic E-state index is 13.7. The van der Waals surface area contributed by atoms with Gasteiger partial charge < -0.3 is 5.32 Å². The van der Waals surface area contributed by atoms with Crippen LogP contribution in [0, 0.1) is 0 Å². The van der Waals surface area contributed by atoms with E-state index in [4.69, 9.17) is 4.98 Å². The quantitative estimate of drug-likeness (QED) is 0.278. The SMILES string of the molecule is O=C(Nc1ccc2ccc3cccc4ccc1c2c34)c1cc(-c2ccccc2)nc2ccccc12. The molecule has 1 N–H and O–H groups in total. The molecular weight excluding hydrogens is 428 g/mol. The molecule has 3 heteroatoms. The second-order valence-electron chi connectivity index (χ2n) is 8.86. The number of carbonyl (C=O) groups excluding carboxylic acids is 1. The van der Waals surface area contributed by atoms with E-state index in [1.807, 2.05) is 66.7 Å². The number of nitrogens with zero attached hydrogens (tertiary/aromatic N) is 1. The number of para-hydroxylation sites is 1. The maximum Gasteiger partial charge on any atom is 0.256 e. The lowest BCUT2D eigenvalue weighted by Gasteiger charge is -2.15. The van der Waals surface area contributed by atoms with Crippen LogP contribution in [0.2, 0.25) is 0 Å². The second-order valence-corrected chi connectivity index (χ2v) is 8.86. The smallest absolute Gasteiger partial charge is 0.256 e. The minimum Gasteiger partial charge on any atom is -0.321 e. The zero-order valence-electron chi connectivity index (χ0n) is 18.8. The number of hydrogen-bond donors (Lipinski definition) is 1. The summed E-state index contributed by atoms with van der Waals surface area (Å²) in [7, 11) is 0. The van der Waals surface area contributed by atoms with Crippen LogP contribution in [-0.2, 0) is 0 Å². The molecule has 7 aromatic rings. The Morgan fingerprint density at radius 3 is 2.11 bits per heavy atom. The van der Waals surface area contributed by atoms with Gasteiger partial charge in [-0.05, 0) is 45.1 Å². The van der Waals surface area contributed by atoms with Crippen LogP contribution in [0.1, 0.15) is 10.4 Å². The summed E-state index contributed by atoms with van der Waals surface area (Å²) >= 11 is 0. The zero-order chi connectivity index (χ0) is 23.4. The number of nitrogens with one attached hydrogen (secondary N) is 1. The highest BCUT2D eigenvalue weighted by Crippen LogP contribution is 2.38. The number of carbonyl (C=O) groups is 1. The topological polar surface area (TPSA) is 42.0 Å². The molecule has 0 unspecified atom stereocenters. The van der Waals surface area contributed by atoms with Gasteiger partial charge in [0.15, 0.2) is 0 Å². The number of hydrogen-bond acceptors (Lipinski definition) is 2. The van der Waals surface area contributed by atoms with Gasteiger partial charge in [-0.2, -0.15) is 0 Å². The van der Waals surface area contributed by atoms with Gasteiger partial charge in [-0.1, -0.05) is 97.1 Å². The lowest BCUT2D eigenvalue weighted by atomic mass is 9.93. The second kappa shape index (κ2) is 7.64. The lowest BCUT2D eigenvalue weighted by Crippen LogP contribution is -2.13. The Morgan fingerprint density at radius 1 is 0.600 bits per heavy atom. The summed E-state index contributed by atoms with van der Waals surface area (Å²) in [4.78, 5) is 18.6. The average molecular weight is 449 g/mol. The van der Waals surface area contributed by atoms with Gasteiger partial charge in [-0.15, -0.1) is 0 Å². The van der Waals surface area contributed by atoms with Crippen molar-refractivity contribution in [1.82, 2.24) is 4.98 Å². The Hall–Kier alpha value is -4.76. The Balaban J connectivity index is 1.39. The average Bonchev–Trinajstić information content (AvgIpc) is 2.92. The Bertz CT molecular complexity index is 1870. The standard InChI is InChI=1S/C32H20N2O/c35-32(26-19-29(20-7-2-1-3-8-20)33-27-12-5-4-11-24(26)27)34-28-18-16-23-14-13-21-9-6-10-22-15-17-25(28)31(23)30(21)22/h1-19H,(H,34,35). The fourth-order valence-corrected chi connectivity index (χ4v) is 5.15. The van der Waals surface area contributed by atoms with Crippen molar-refractivity contribution in [3.63, 3.8) is 0 Å². The molecule has 6 aromatic carbocycles. The van der Waals surface area contributed by atoms with E-state index in [0.29, 0.717) is 5.56 Å². The van der Waals surface area contributed by atoms with Gasteiger partial charge in [0.2, 0.25) is 0 Å². The number of pyridine rings is 1. The van der Waals surface area contributed by atoms with Gasteiger partial charge in [0.05, 0.1) is 16.8 Å². The van der Waals surface area contributed by atoms with E-state index >= 15 is 0 Å². The van der Waals surface area contributed by atoms with Crippen molar-refractivity contribution in [2.75, 3.05) is 5.32 Å². The monoisotopic (exact) mass is 448 g/mol. The summed E-state index contributed by atoms with van der Waals surface area (Å²) in [5.74, 6) is -0.143. The van der Waals surface area contributed by atoms with Crippen LogP contribution in [0.4, 0.5) is 5.69 Å². The van der Waals surface area contributed by atoms with E-state index in [1.54, 1.807) is 0 Å². The molecule has 35 heavy (non-hydrogen) atoms. The fourth-order valence-electron chi connectivity index (χ4n) is 5.15. The molecule has 0 aliphatic rings. The normalized spacial score (nSPS) is 11.5. The molecule has 0 fully saturated rings. The molecule has 0 spiro atoms. The summed E-state index contributed by atoms with van der Waals surface area (Å²) in [6.07, 6.45) is 0. The van der Waals surface area contributed by atoms with Crippen LogP contribution < -0.4 is 5.32 Å². The molecule has 0 atom stereocenters. The van der Waals surface area contributed by atoms with Crippen molar-refractivity contribution in [3.05, 3.63) is 121 Å². The molecule has 0 aliphatic heterocycles. The van der Waals surface area contributed by atoms with Crippen molar-refractivity contribution in [1.29, 1.82) is 0 Å². The molecule has 0 saturated heterocycles. The number of amides is 1. The molecule has 1 aromatic heterocycles. The van der Waals surface area contributed by atoms with Crippen LogP contribution in [0.3, 0.4) is 0 Å². The number of benzene rings is 6. The van der Waals surface area contributed by atoms with Crippen LogP contribution in [0.25, 0.3) is 54.5 Å². The van der Waals surface area contributed by atoms with Gasteiger partial charge in [0.25, 0.3) is 5.91 Å². The molecule has 164 valence electrons. The summed E-state index contributed by atoms with van der Waals surface area (Å²) in [6.45, 7) is 0. The highest BCUT2D eigenvalue weighted by Gasteiger charge is 2.17. The van der Waals surface area contributed by atoms with E-state index in [-0.39, 0.29) is 5.91 Å². The van der Waals surface area contributed by atoms with Gasteiger partial charge >= 0.3 is 0 Å². The number of rotatable bonds is 3. The van der Waals surface area contributed by atoms with E-state index in [2.05, 4.69) is 53.8 Å². The Kier molecular flexibility index (Phi) is 4.30. The maximum atomic E-state index is 13.7. The predicted octanol–water partition coefficient (Wildman–Crippen LogP) is 8.05. The molecule has 1 heterocycles. The molecule has 7 rings (SSSR count). The van der Waals surface area contributed by atoms with Gasteiger partial charge in [0.1, 0.15) is 0 Å². The number of fused-ring (bicyclic) bond motifs is 1. The summed E-state index contributed by atoms with van der Waals surface area (Å²) in [6, 6.07) is 38.7. The highest BCUT2D eigenvalue weighted by atomic mass is 16.1. The Morgan fingerprint density at radius 2 is 1.29 bits per heavy atom. The van der Waals surface area contributed by atoms with E-state index < -0.39 is 0 Å². The molecule has 0 bridgehead atoms. The van der Waals surface area contributed by atoms with E-state index in [9.17, 15) is 4.79 Å². The summed E-state index contributed by atoms with van der Waals surface area (Å²) in [5.41, 5.74) is 3.98. The highest BCUT2D eigenvalue weighted by molar-refractivity contribution is 6.26. The van der Waals surface area contributed by atoms with Crippen LogP contribution in [0.15, 0.2) is 115 Å². The Labute approximate surface area is 202 Å². The van der Waals surface area contributed by atoms with Gasteiger partial charge in [-0.25, -0.2) is 4.98 Å². The first-order chi connectivity index (χ1) is 17.3. The van der Waals surface area contributed by atoms with Crippen molar-refractivity contribution in [2.45, 2.75) is 0 Å².